The number of hydrogen-bond donors (Lipinski definition) is 1. The maximum Gasteiger partial charge on any atom is 0.271 e. The molecule has 0 aromatic heterocycles. The number of nitrogens with zero attached hydrogens (tertiary/aromatic N) is 1. The summed E-state index contributed by atoms with van der Waals surface area (Å²) in [7, 11) is 3.15. The fraction of sp³-hybridized carbons (Fsp3) is 0.263. The van der Waals surface area contributed by atoms with Gasteiger partial charge in [0.1, 0.15) is 5.75 Å². The van der Waals surface area contributed by atoms with Crippen LogP contribution in [0.5, 0.6) is 17.2 Å². The predicted molar refractivity (Wildman–Crippen MR) is 96.8 cm³/mol. The van der Waals surface area contributed by atoms with Gasteiger partial charge in [-0.05, 0) is 48.4 Å². The molecule has 0 atom stereocenters. The first-order chi connectivity index (χ1) is 12.2. The average Bonchev–Trinajstić information content (AvgIpc) is 2.66. The summed E-state index contributed by atoms with van der Waals surface area (Å²) in [6, 6.07) is 12.3. The fourth-order valence-corrected chi connectivity index (χ4v) is 2.09. The van der Waals surface area contributed by atoms with Crippen molar-refractivity contribution in [1.82, 2.24) is 5.43 Å². The molecule has 25 heavy (non-hydrogen) atoms. The number of methoxy groups -OCH3 is 2. The zero-order valence-electron chi connectivity index (χ0n) is 14.6. The molecule has 0 saturated heterocycles. The normalized spacial score (nSPS) is 10.5. The smallest absolute Gasteiger partial charge is 0.271 e. The van der Waals surface area contributed by atoms with Crippen LogP contribution in [-0.4, -0.2) is 32.9 Å². The summed E-state index contributed by atoms with van der Waals surface area (Å²) in [6.45, 7) is 2.63. The third kappa shape index (κ3) is 5.24. The van der Waals surface area contributed by atoms with Gasteiger partial charge in [-0.15, -0.1) is 0 Å². The topological polar surface area (TPSA) is 69.2 Å². The molecule has 0 radical (unpaired) electrons. The lowest BCUT2D eigenvalue weighted by atomic mass is 10.2. The molecule has 6 nitrogen and oxygen atoms in total. The van der Waals surface area contributed by atoms with Crippen molar-refractivity contribution in [2.45, 2.75) is 13.3 Å². The molecule has 0 heterocycles. The van der Waals surface area contributed by atoms with Crippen LogP contribution in [0.4, 0.5) is 0 Å². The summed E-state index contributed by atoms with van der Waals surface area (Å²) in [5.41, 5.74) is 3.75. The second-order valence-corrected chi connectivity index (χ2v) is 5.19. The van der Waals surface area contributed by atoms with Gasteiger partial charge in [-0.25, -0.2) is 5.43 Å². The van der Waals surface area contributed by atoms with Crippen molar-refractivity contribution in [3.8, 4) is 17.2 Å². The van der Waals surface area contributed by atoms with Gasteiger partial charge in [0.2, 0.25) is 0 Å². The second-order valence-electron chi connectivity index (χ2n) is 5.19. The maximum absolute atomic E-state index is 12.1. The molecule has 0 fully saturated rings. The average molecular weight is 342 g/mol. The van der Waals surface area contributed by atoms with Gasteiger partial charge in [0, 0.05) is 5.56 Å². The highest BCUT2D eigenvalue weighted by molar-refractivity contribution is 5.95. The van der Waals surface area contributed by atoms with Gasteiger partial charge in [-0.1, -0.05) is 13.0 Å². The Kier molecular flexibility index (Phi) is 6.83. The van der Waals surface area contributed by atoms with Crippen molar-refractivity contribution >= 4 is 12.1 Å². The first-order valence-corrected chi connectivity index (χ1v) is 7.96. The molecule has 0 aliphatic carbocycles. The number of hydrazone groups is 1. The first kappa shape index (κ1) is 18.3. The van der Waals surface area contributed by atoms with E-state index in [9.17, 15) is 4.79 Å². The summed E-state index contributed by atoms with van der Waals surface area (Å²) in [5.74, 6) is 1.61. The van der Waals surface area contributed by atoms with Crippen LogP contribution in [0, 0.1) is 0 Å². The first-order valence-electron chi connectivity index (χ1n) is 7.96. The molecule has 1 N–H and O–H groups in total. The summed E-state index contributed by atoms with van der Waals surface area (Å²) in [6.07, 6.45) is 2.45. The van der Waals surface area contributed by atoms with Gasteiger partial charge >= 0.3 is 0 Å². The van der Waals surface area contributed by atoms with Crippen molar-refractivity contribution < 1.29 is 19.0 Å². The minimum Gasteiger partial charge on any atom is -0.497 e. The van der Waals surface area contributed by atoms with Crippen molar-refractivity contribution in [1.29, 1.82) is 0 Å². The summed E-state index contributed by atoms with van der Waals surface area (Å²) in [5, 5.41) is 3.99. The van der Waals surface area contributed by atoms with Gasteiger partial charge in [0.25, 0.3) is 5.91 Å². The van der Waals surface area contributed by atoms with Crippen LogP contribution in [0.3, 0.4) is 0 Å². The van der Waals surface area contributed by atoms with E-state index in [1.807, 2.05) is 19.1 Å². The van der Waals surface area contributed by atoms with E-state index in [0.717, 1.165) is 12.0 Å². The highest BCUT2D eigenvalue weighted by Gasteiger charge is 2.06. The van der Waals surface area contributed by atoms with Crippen molar-refractivity contribution in [2.24, 2.45) is 5.10 Å². The number of carbonyl (C=O) groups is 1. The van der Waals surface area contributed by atoms with Crippen molar-refractivity contribution in [3.63, 3.8) is 0 Å². The Labute approximate surface area is 147 Å². The minimum absolute atomic E-state index is 0.314. The molecule has 2 rings (SSSR count). The molecule has 0 aliphatic heterocycles. The lowest BCUT2D eigenvalue weighted by molar-refractivity contribution is 0.0955. The SMILES string of the molecule is CCCOc1cc(/C=N/NC(=O)c2cccc(OC)c2)ccc1OC. The van der Waals surface area contributed by atoms with E-state index in [4.69, 9.17) is 14.2 Å². The molecule has 0 saturated carbocycles. The van der Waals surface area contributed by atoms with Gasteiger partial charge in [-0.2, -0.15) is 5.10 Å². The second kappa shape index (κ2) is 9.32. The third-order valence-electron chi connectivity index (χ3n) is 3.36. The zero-order chi connectivity index (χ0) is 18.1. The van der Waals surface area contributed by atoms with E-state index in [2.05, 4.69) is 10.5 Å². The van der Waals surface area contributed by atoms with E-state index in [-0.39, 0.29) is 5.91 Å². The highest BCUT2D eigenvalue weighted by Crippen LogP contribution is 2.27. The number of ether oxygens (including phenoxy) is 3. The number of benzene rings is 2. The van der Waals surface area contributed by atoms with Gasteiger partial charge < -0.3 is 14.2 Å². The number of nitrogens with one attached hydrogen (secondary N) is 1. The maximum atomic E-state index is 12.1. The number of carbonyl (C=O) groups excluding carboxylic acids is 1. The number of amides is 1. The molecule has 0 bridgehead atoms. The van der Waals surface area contributed by atoms with Crippen LogP contribution in [0.15, 0.2) is 47.6 Å². The molecular formula is C19H22N2O4. The van der Waals surface area contributed by atoms with Crippen LogP contribution < -0.4 is 19.6 Å². The molecule has 0 spiro atoms. The van der Waals surface area contributed by atoms with Crippen molar-refractivity contribution in [2.75, 3.05) is 20.8 Å². The van der Waals surface area contributed by atoms with E-state index in [0.29, 0.717) is 29.4 Å². The standard InChI is InChI=1S/C19H22N2O4/c1-4-10-25-18-11-14(8-9-17(18)24-3)13-20-21-19(22)15-6-5-7-16(12-15)23-2/h5-9,11-13H,4,10H2,1-3H3,(H,21,22)/b20-13+. The Morgan fingerprint density at radius 2 is 1.96 bits per heavy atom. The molecule has 1 amide bonds. The van der Waals surface area contributed by atoms with Gasteiger partial charge in [0.05, 0.1) is 27.0 Å². The van der Waals surface area contributed by atoms with Crippen LogP contribution in [-0.2, 0) is 0 Å². The van der Waals surface area contributed by atoms with Crippen LogP contribution >= 0.6 is 0 Å². The highest BCUT2D eigenvalue weighted by atomic mass is 16.5. The van der Waals surface area contributed by atoms with E-state index < -0.39 is 0 Å². The van der Waals surface area contributed by atoms with Crippen LogP contribution in [0.2, 0.25) is 0 Å². The molecule has 0 aliphatic rings. The summed E-state index contributed by atoms with van der Waals surface area (Å²) in [4.78, 5) is 12.1. The lowest BCUT2D eigenvalue weighted by Gasteiger charge is -2.10. The Balaban J connectivity index is 2.04. The monoisotopic (exact) mass is 342 g/mol. The number of hydrogen-bond acceptors (Lipinski definition) is 5. The molecule has 2 aromatic carbocycles. The van der Waals surface area contributed by atoms with Crippen molar-refractivity contribution in [3.05, 3.63) is 53.6 Å². The summed E-state index contributed by atoms with van der Waals surface area (Å²) < 4.78 is 16.0. The Hall–Kier alpha value is -3.02. The number of rotatable bonds is 8. The quantitative estimate of drug-likeness (QED) is 0.590. The molecular weight excluding hydrogens is 320 g/mol. The lowest BCUT2D eigenvalue weighted by Crippen LogP contribution is -2.17. The summed E-state index contributed by atoms with van der Waals surface area (Å²) >= 11 is 0. The third-order valence-corrected chi connectivity index (χ3v) is 3.36. The predicted octanol–water partition coefficient (Wildman–Crippen LogP) is 3.26. The molecule has 6 heteroatoms. The molecule has 132 valence electrons. The minimum atomic E-state index is -0.314. The Morgan fingerprint density at radius 1 is 1.12 bits per heavy atom. The molecule has 2 aromatic rings. The van der Waals surface area contributed by atoms with E-state index in [1.165, 1.54) is 0 Å². The van der Waals surface area contributed by atoms with Crippen LogP contribution in [0.1, 0.15) is 29.3 Å². The largest absolute Gasteiger partial charge is 0.497 e. The zero-order valence-corrected chi connectivity index (χ0v) is 14.6. The Morgan fingerprint density at radius 3 is 2.68 bits per heavy atom. The van der Waals surface area contributed by atoms with Gasteiger partial charge in [-0.3, -0.25) is 4.79 Å². The molecule has 0 unspecified atom stereocenters. The Bertz CT molecular complexity index is 744. The van der Waals surface area contributed by atoms with Crippen LogP contribution in [0.25, 0.3) is 0 Å². The fourth-order valence-electron chi connectivity index (χ4n) is 2.09. The van der Waals surface area contributed by atoms with Gasteiger partial charge in [0.15, 0.2) is 11.5 Å². The van der Waals surface area contributed by atoms with E-state index in [1.54, 1.807) is 50.8 Å². The van der Waals surface area contributed by atoms with E-state index >= 15 is 0 Å².